The lowest BCUT2D eigenvalue weighted by Crippen LogP contribution is -2.00. The zero-order valence-corrected chi connectivity index (χ0v) is 34.1. The largest absolute Gasteiger partial charge is 0.456 e. The summed E-state index contributed by atoms with van der Waals surface area (Å²) < 4.78 is 6.55. The molecule has 0 N–H and O–H groups in total. The van der Waals surface area contributed by atoms with Crippen LogP contribution in [0.2, 0.25) is 0 Å². The Labute approximate surface area is 364 Å². The van der Waals surface area contributed by atoms with Gasteiger partial charge in [0.15, 0.2) is 17.5 Å². The van der Waals surface area contributed by atoms with Gasteiger partial charge in [-0.2, -0.15) is 0 Å². The summed E-state index contributed by atoms with van der Waals surface area (Å²) in [7, 11) is 0. The number of benzene rings is 10. The fraction of sp³-hybridized carbons (Fsp3) is 0. The number of rotatable bonds is 7. The van der Waals surface area contributed by atoms with Crippen LogP contribution in [-0.2, 0) is 0 Å². The van der Waals surface area contributed by atoms with Crippen molar-refractivity contribution in [2.75, 3.05) is 0 Å². The molecule has 0 fully saturated rings. The predicted molar refractivity (Wildman–Crippen MR) is 260 cm³/mol. The highest BCUT2D eigenvalue weighted by atomic mass is 16.3. The van der Waals surface area contributed by atoms with Crippen LogP contribution in [0.15, 0.2) is 229 Å². The highest BCUT2D eigenvalue weighted by Gasteiger charge is 2.19. The third-order valence-corrected chi connectivity index (χ3v) is 12.2. The fourth-order valence-electron chi connectivity index (χ4n) is 9.18. The fourth-order valence-corrected chi connectivity index (χ4v) is 9.18. The van der Waals surface area contributed by atoms with Crippen LogP contribution in [0.5, 0.6) is 0 Å². The maximum atomic E-state index is 6.55. The van der Waals surface area contributed by atoms with Gasteiger partial charge in [0, 0.05) is 27.5 Å². The van der Waals surface area contributed by atoms with E-state index in [1.807, 2.05) is 60.7 Å². The van der Waals surface area contributed by atoms with Crippen molar-refractivity contribution in [3.05, 3.63) is 224 Å². The van der Waals surface area contributed by atoms with E-state index in [0.717, 1.165) is 77.2 Å². The first-order valence-corrected chi connectivity index (χ1v) is 21.3. The Morgan fingerprint density at radius 3 is 1.32 bits per heavy atom. The second kappa shape index (κ2) is 15.2. The van der Waals surface area contributed by atoms with Crippen LogP contribution in [0, 0.1) is 0 Å². The van der Waals surface area contributed by atoms with Gasteiger partial charge < -0.3 is 4.42 Å². The van der Waals surface area contributed by atoms with Crippen molar-refractivity contribution in [3.8, 4) is 78.7 Å². The van der Waals surface area contributed by atoms with Crippen LogP contribution in [0.25, 0.3) is 122 Å². The van der Waals surface area contributed by atoms with Gasteiger partial charge in [0.2, 0.25) is 0 Å². The Morgan fingerprint density at radius 1 is 0.238 bits per heavy atom. The molecule has 2 heterocycles. The molecule has 294 valence electrons. The molecule has 0 radical (unpaired) electrons. The normalized spacial score (nSPS) is 11.5. The SMILES string of the molecule is c1ccc(-c2cccc(-c3ccc4oc5cccc(-c6cccc7c(-c8ccc(-c9nc(-c%10ccccc%10)nc(-c%10ccccc%10)n9)c9ccccc89)cccc67)c5c4c3)c2)cc1. The molecule has 0 aliphatic carbocycles. The molecular weight excluding hydrogens is 767 g/mol. The average molecular weight is 804 g/mol. The van der Waals surface area contributed by atoms with E-state index in [1.54, 1.807) is 0 Å². The van der Waals surface area contributed by atoms with E-state index in [9.17, 15) is 0 Å². The Kier molecular flexibility index (Phi) is 8.79. The highest BCUT2D eigenvalue weighted by molar-refractivity contribution is 6.18. The lowest BCUT2D eigenvalue weighted by molar-refractivity contribution is 0.669. The first kappa shape index (κ1) is 36.4. The molecule has 0 saturated carbocycles. The van der Waals surface area contributed by atoms with Crippen LogP contribution in [0.4, 0.5) is 0 Å². The van der Waals surface area contributed by atoms with Crippen molar-refractivity contribution < 1.29 is 4.42 Å². The van der Waals surface area contributed by atoms with Crippen LogP contribution >= 0.6 is 0 Å². The van der Waals surface area contributed by atoms with E-state index in [0.29, 0.717) is 17.5 Å². The van der Waals surface area contributed by atoms with Gasteiger partial charge in [0.25, 0.3) is 0 Å². The molecule has 12 aromatic rings. The minimum absolute atomic E-state index is 0.637. The molecule has 10 aromatic carbocycles. The molecule has 0 aliphatic rings. The predicted octanol–water partition coefficient (Wildman–Crippen LogP) is 15.7. The molecule has 0 unspecified atom stereocenters. The van der Waals surface area contributed by atoms with Crippen LogP contribution < -0.4 is 0 Å². The molecule has 4 nitrogen and oxygen atoms in total. The van der Waals surface area contributed by atoms with Gasteiger partial charge in [0.1, 0.15) is 11.2 Å². The molecule has 63 heavy (non-hydrogen) atoms. The quantitative estimate of drug-likeness (QED) is 0.161. The molecular formula is C59H37N3O. The van der Waals surface area contributed by atoms with Crippen molar-refractivity contribution in [2.45, 2.75) is 0 Å². The van der Waals surface area contributed by atoms with Crippen LogP contribution in [-0.4, -0.2) is 15.0 Å². The van der Waals surface area contributed by atoms with E-state index in [1.165, 1.54) is 27.5 Å². The standard InChI is InChI=1S/C59H37N3O/c1-4-16-38(17-5-1)41-22-12-23-42(36-41)43-32-35-54-53(37-43)56-51(30-15-31-55(56)63-54)48-29-14-26-45-46(48)27-13-28-47(45)50-33-34-52(49-25-11-10-24-44(49)50)59-61-57(39-18-6-2-7-19-39)60-58(62-59)40-20-8-3-9-21-40/h1-37H. The molecule has 12 rings (SSSR count). The molecule has 0 amide bonds. The van der Waals surface area contributed by atoms with Gasteiger partial charge >= 0.3 is 0 Å². The summed E-state index contributed by atoms with van der Waals surface area (Å²) in [5.41, 5.74) is 13.9. The van der Waals surface area contributed by atoms with Crippen molar-refractivity contribution in [3.63, 3.8) is 0 Å². The summed E-state index contributed by atoms with van der Waals surface area (Å²) in [4.78, 5) is 15.1. The number of nitrogens with zero attached hydrogens (tertiary/aromatic N) is 3. The lowest BCUT2D eigenvalue weighted by atomic mass is 9.88. The smallest absolute Gasteiger partial charge is 0.164 e. The van der Waals surface area contributed by atoms with E-state index in [-0.39, 0.29) is 0 Å². The zero-order chi connectivity index (χ0) is 41.7. The topological polar surface area (TPSA) is 51.8 Å². The summed E-state index contributed by atoms with van der Waals surface area (Å²) in [6, 6.07) is 78.9. The summed E-state index contributed by atoms with van der Waals surface area (Å²) in [5, 5.41) is 6.77. The number of furan rings is 1. The van der Waals surface area contributed by atoms with Crippen molar-refractivity contribution in [1.29, 1.82) is 0 Å². The molecule has 0 atom stereocenters. The van der Waals surface area contributed by atoms with Gasteiger partial charge in [-0.15, -0.1) is 0 Å². The number of aromatic nitrogens is 3. The van der Waals surface area contributed by atoms with E-state index in [4.69, 9.17) is 19.4 Å². The summed E-state index contributed by atoms with van der Waals surface area (Å²) in [5.74, 6) is 1.92. The molecule has 0 spiro atoms. The molecule has 0 saturated heterocycles. The van der Waals surface area contributed by atoms with Gasteiger partial charge in [-0.3, -0.25) is 0 Å². The Balaban J connectivity index is 0.994. The van der Waals surface area contributed by atoms with Gasteiger partial charge in [-0.05, 0) is 96.4 Å². The van der Waals surface area contributed by atoms with E-state index in [2.05, 4.69) is 164 Å². The Hall–Kier alpha value is -8.47. The molecule has 4 heteroatoms. The van der Waals surface area contributed by atoms with E-state index >= 15 is 0 Å². The zero-order valence-electron chi connectivity index (χ0n) is 34.1. The molecule has 0 aliphatic heterocycles. The average Bonchev–Trinajstić information content (AvgIpc) is 3.75. The molecule has 0 bridgehead atoms. The lowest BCUT2D eigenvalue weighted by Gasteiger charge is -2.16. The van der Waals surface area contributed by atoms with Crippen molar-refractivity contribution in [1.82, 2.24) is 15.0 Å². The van der Waals surface area contributed by atoms with Crippen LogP contribution in [0.3, 0.4) is 0 Å². The third-order valence-electron chi connectivity index (χ3n) is 12.2. The van der Waals surface area contributed by atoms with Crippen molar-refractivity contribution in [2.24, 2.45) is 0 Å². The minimum atomic E-state index is 0.637. The van der Waals surface area contributed by atoms with Gasteiger partial charge in [-0.25, -0.2) is 15.0 Å². The van der Waals surface area contributed by atoms with Crippen LogP contribution in [0.1, 0.15) is 0 Å². The summed E-state index contributed by atoms with van der Waals surface area (Å²) in [6.45, 7) is 0. The second-order valence-corrected chi connectivity index (χ2v) is 15.9. The highest BCUT2D eigenvalue weighted by Crippen LogP contribution is 2.44. The maximum absolute atomic E-state index is 6.55. The summed E-state index contributed by atoms with van der Waals surface area (Å²) in [6.07, 6.45) is 0. The third kappa shape index (κ3) is 6.44. The summed E-state index contributed by atoms with van der Waals surface area (Å²) >= 11 is 0. The van der Waals surface area contributed by atoms with E-state index < -0.39 is 0 Å². The molecule has 2 aromatic heterocycles. The first-order chi connectivity index (χ1) is 31.2. The number of fused-ring (bicyclic) bond motifs is 5. The first-order valence-electron chi connectivity index (χ1n) is 21.3. The second-order valence-electron chi connectivity index (χ2n) is 15.9. The maximum Gasteiger partial charge on any atom is 0.164 e. The number of hydrogen-bond acceptors (Lipinski definition) is 4. The van der Waals surface area contributed by atoms with Gasteiger partial charge in [0.05, 0.1) is 0 Å². The number of hydrogen-bond donors (Lipinski definition) is 0. The van der Waals surface area contributed by atoms with Crippen molar-refractivity contribution >= 4 is 43.5 Å². The Bertz CT molecular complexity index is 3610. The monoisotopic (exact) mass is 803 g/mol. The Morgan fingerprint density at radius 2 is 0.667 bits per heavy atom. The minimum Gasteiger partial charge on any atom is -0.456 e. The van der Waals surface area contributed by atoms with Gasteiger partial charge in [-0.1, -0.05) is 194 Å².